The molecule has 1 aromatic carbocycles. The van der Waals surface area contributed by atoms with Crippen molar-refractivity contribution < 1.29 is 9.13 Å². The van der Waals surface area contributed by atoms with Gasteiger partial charge in [0, 0.05) is 19.0 Å². The Morgan fingerprint density at radius 1 is 1.19 bits per heavy atom. The van der Waals surface area contributed by atoms with Gasteiger partial charge < -0.3 is 10.1 Å². The second kappa shape index (κ2) is 6.08. The van der Waals surface area contributed by atoms with Crippen molar-refractivity contribution in [3.8, 4) is 11.6 Å². The number of nitrogens with zero attached hydrogens (tertiary/aromatic N) is 2. The van der Waals surface area contributed by atoms with Crippen LogP contribution >= 0.6 is 0 Å². The minimum Gasteiger partial charge on any atom is -0.438 e. The van der Waals surface area contributed by atoms with Gasteiger partial charge in [0.15, 0.2) is 0 Å². The van der Waals surface area contributed by atoms with E-state index in [9.17, 15) is 4.39 Å². The number of aromatic nitrogens is 2. The summed E-state index contributed by atoms with van der Waals surface area (Å²) < 4.78 is 19.4. The first-order chi connectivity index (χ1) is 9.92. The lowest BCUT2D eigenvalue weighted by Crippen LogP contribution is -2.06. The average Bonchev–Trinajstić information content (AvgIpc) is 2.44. The molecular formula is C16H20FN3O. The van der Waals surface area contributed by atoms with Crippen molar-refractivity contribution >= 4 is 5.82 Å². The molecule has 0 saturated carbocycles. The molecule has 0 radical (unpaired) electrons. The van der Waals surface area contributed by atoms with E-state index in [1.807, 2.05) is 20.8 Å². The Morgan fingerprint density at radius 2 is 1.90 bits per heavy atom. The molecular weight excluding hydrogens is 269 g/mol. The number of rotatable bonds is 4. The first-order valence-electron chi connectivity index (χ1n) is 6.92. The highest BCUT2D eigenvalue weighted by Gasteiger charge is 2.14. The van der Waals surface area contributed by atoms with E-state index in [0.29, 0.717) is 23.0 Å². The van der Waals surface area contributed by atoms with Crippen molar-refractivity contribution in [2.45, 2.75) is 33.6 Å². The molecule has 0 atom stereocenters. The van der Waals surface area contributed by atoms with E-state index in [0.717, 1.165) is 11.4 Å². The summed E-state index contributed by atoms with van der Waals surface area (Å²) in [6.07, 6.45) is 0. The number of hydrogen-bond acceptors (Lipinski definition) is 4. The van der Waals surface area contributed by atoms with Crippen LogP contribution in [0.1, 0.15) is 36.7 Å². The zero-order valence-electron chi connectivity index (χ0n) is 13.0. The van der Waals surface area contributed by atoms with Crippen LogP contribution in [0, 0.1) is 19.7 Å². The molecule has 4 nitrogen and oxygen atoms in total. The predicted octanol–water partition coefficient (Wildman–Crippen LogP) is 4.19. The molecule has 0 aliphatic carbocycles. The Kier molecular flexibility index (Phi) is 4.40. The molecule has 1 aromatic heterocycles. The summed E-state index contributed by atoms with van der Waals surface area (Å²) in [4.78, 5) is 8.88. The van der Waals surface area contributed by atoms with Gasteiger partial charge in [-0.25, -0.2) is 9.37 Å². The molecule has 0 unspecified atom stereocenters. The quantitative estimate of drug-likeness (QED) is 0.916. The molecule has 0 amide bonds. The number of nitrogens with one attached hydrogen (secondary N) is 1. The standard InChI is InChI=1S/C16H20FN3O/c1-9(2)14-19-15(18-5)11(4)16(20-14)21-12-7-6-10(3)13(17)8-12/h6-9H,1-5H3,(H,18,19,20). The SMILES string of the molecule is CNc1nc(C(C)C)nc(Oc2ccc(C)c(F)c2)c1C. The number of hydrogen-bond donors (Lipinski definition) is 1. The summed E-state index contributed by atoms with van der Waals surface area (Å²) in [6, 6.07) is 4.78. The van der Waals surface area contributed by atoms with Crippen molar-refractivity contribution in [3.05, 3.63) is 41.0 Å². The first-order valence-corrected chi connectivity index (χ1v) is 6.92. The minimum atomic E-state index is -0.294. The van der Waals surface area contributed by atoms with Gasteiger partial charge >= 0.3 is 0 Å². The molecule has 2 rings (SSSR count). The van der Waals surface area contributed by atoms with Gasteiger partial charge in [-0.1, -0.05) is 19.9 Å². The van der Waals surface area contributed by atoms with E-state index in [4.69, 9.17) is 4.74 Å². The van der Waals surface area contributed by atoms with Crippen molar-refractivity contribution in [1.82, 2.24) is 9.97 Å². The Hall–Kier alpha value is -2.17. The van der Waals surface area contributed by atoms with Crippen molar-refractivity contribution in [1.29, 1.82) is 0 Å². The third-order valence-electron chi connectivity index (χ3n) is 3.23. The van der Waals surface area contributed by atoms with E-state index in [2.05, 4.69) is 15.3 Å². The fourth-order valence-electron chi connectivity index (χ4n) is 1.86. The first kappa shape index (κ1) is 15.2. The fourth-order valence-corrected chi connectivity index (χ4v) is 1.86. The Labute approximate surface area is 124 Å². The van der Waals surface area contributed by atoms with Crippen LogP contribution in [0.3, 0.4) is 0 Å². The second-order valence-corrected chi connectivity index (χ2v) is 5.28. The number of aryl methyl sites for hydroxylation is 1. The molecule has 0 fully saturated rings. The second-order valence-electron chi connectivity index (χ2n) is 5.28. The minimum absolute atomic E-state index is 0.176. The lowest BCUT2D eigenvalue weighted by molar-refractivity contribution is 0.448. The van der Waals surface area contributed by atoms with Gasteiger partial charge in [0.05, 0.1) is 5.56 Å². The van der Waals surface area contributed by atoms with Crippen LogP contribution in [0.4, 0.5) is 10.2 Å². The summed E-state index contributed by atoms with van der Waals surface area (Å²) >= 11 is 0. The Bertz CT molecular complexity index is 656. The largest absolute Gasteiger partial charge is 0.438 e. The van der Waals surface area contributed by atoms with Crippen LogP contribution in [0.25, 0.3) is 0 Å². The van der Waals surface area contributed by atoms with E-state index >= 15 is 0 Å². The molecule has 5 heteroatoms. The van der Waals surface area contributed by atoms with Gasteiger partial charge in [0.25, 0.3) is 0 Å². The van der Waals surface area contributed by atoms with E-state index < -0.39 is 0 Å². The molecule has 0 aliphatic rings. The molecule has 112 valence electrons. The van der Waals surface area contributed by atoms with Gasteiger partial charge in [0.1, 0.15) is 23.2 Å². The van der Waals surface area contributed by atoms with Crippen LogP contribution in [-0.4, -0.2) is 17.0 Å². The monoisotopic (exact) mass is 289 g/mol. The predicted molar refractivity (Wildman–Crippen MR) is 81.6 cm³/mol. The third-order valence-corrected chi connectivity index (χ3v) is 3.23. The number of ether oxygens (including phenoxy) is 1. The highest BCUT2D eigenvalue weighted by molar-refractivity contribution is 5.49. The molecule has 0 spiro atoms. The Morgan fingerprint density at radius 3 is 2.48 bits per heavy atom. The number of halogens is 1. The van der Waals surface area contributed by atoms with Gasteiger partial charge in [-0.05, 0) is 25.5 Å². The highest BCUT2D eigenvalue weighted by atomic mass is 19.1. The third kappa shape index (κ3) is 3.29. The molecule has 21 heavy (non-hydrogen) atoms. The molecule has 1 heterocycles. The van der Waals surface area contributed by atoms with Crippen molar-refractivity contribution in [2.75, 3.05) is 12.4 Å². The van der Waals surface area contributed by atoms with Crippen LogP contribution in [0.15, 0.2) is 18.2 Å². The van der Waals surface area contributed by atoms with Gasteiger partial charge in [-0.15, -0.1) is 0 Å². The van der Waals surface area contributed by atoms with E-state index in [1.54, 1.807) is 26.1 Å². The fraction of sp³-hybridized carbons (Fsp3) is 0.375. The highest BCUT2D eigenvalue weighted by Crippen LogP contribution is 2.29. The molecule has 0 aliphatic heterocycles. The topological polar surface area (TPSA) is 47.0 Å². The normalized spacial score (nSPS) is 10.8. The lowest BCUT2D eigenvalue weighted by Gasteiger charge is -2.14. The molecule has 0 saturated heterocycles. The van der Waals surface area contributed by atoms with E-state index in [-0.39, 0.29) is 11.7 Å². The lowest BCUT2D eigenvalue weighted by atomic mass is 10.2. The maximum Gasteiger partial charge on any atom is 0.227 e. The zero-order chi connectivity index (χ0) is 15.6. The maximum absolute atomic E-state index is 13.6. The Balaban J connectivity index is 2.42. The molecule has 0 bridgehead atoms. The number of benzene rings is 1. The van der Waals surface area contributed by atoms with E-state index in [1.165, 1.54) is 6.07 Å². The summed E-state index contributed by atoms with van der Waals surface area (Å²) in [5, 5.41) is 3.03. The zero-order valence-corrected chi connectivity index (χ0v) is 13.0. The van der Waals surface area contributed by atoms with Crippen molar-refractivity contribution in [2.24, 2.45) is 0 Å². The summed E-state index contributed by atoms with van der Waals surface area (Å²) in [5.74, 6) is 2.16. The summed E-state index contributed by atoms with van der Waals surface area (Å²) in [6.45, 7) is 7.61. The van der Waals surface area contributed by atoms with Gasteiger partial charge in [-0.3, -0.25) is 0 Å². The maximum atomic E-state index is 13.6. The molecule has 1 N–H and O–H groups in total. The van der Waals surface area contributed by atoms with Gasteiger partial charge in [0.2, 0.25) is 5.88 Å². The summed E-state index contributed by atoms with van der Waals surface area (Å²) in [7, 11) is 1.80. The van der Waals surface area contributed by atoms with Crippen molar-refractivity contribution in [3.63, 3.8) is 0 Å². The summed E-state index contributed by atoms with van der Waals surface area (Å²) in [5.41, 5.74) is 1.38. The average molecular weight is 289 g/mol. The van der Waals surface area contributed by atoms with Crippen LogP contribution in [-0.2, 0) is 0 Å². The number of anilines is 1. The molecule has 2 aromatic rings. The van der Waals surface area contributed by atoms with Crippen LogP contribution in [0.5, 0.6) is 11.6 Å². The smallest absolute Gasteiger partial charge is 0.227 e. The van der Waals surface area contributed by atoms with Crippen LogP contribution < -0.4 is 10.1 Å². The van der Waals surface area contributed by atoms with Gasteiger partial charge in [-0.2, -0.15) is 4.98 Å². The van der Waals surface area contributed by atoms with Crippen LogP contribution in [0.2, 0.25) is 0 Å².